The van der Waals surface area contributed by atoms with Crippen molar-refractivity contribution in [1.29, 1.82) is 0 Å². The Morgan fingerprint density at radius 2 is 1.26 bits per heavy atom. The van der Waals surface area contributed by atoms with Gasteiger partial charge in [-0.05, 0) is 88.0 Å². The van der Waals surface area contributed by atoms with Crippen LogP contribution in [0.2, 0.25) is 0 Å². The molecule has 47 heavy (non-hydrogen) atoms. The van der Waals surface area contributed by atoms with Gasteiger partial charge in [-0.25, -0.2) is 0 Å². The summed E-state index contributed by atoms with van der Waals surface area (Å²) in [5.41, 5.74) is 12.0. The van der Waals surface area contributed by atoms with Gasteiger partial charge in [-0.15, -0.1) is 0 Å². The summed E-state index contributed by atoms with van der Waals surface area (Å²) in [4.78, 5) is 2.52. The first-order valence-electron chi connectivity index (χ1n) is 16.3. The SMILES string of the molecule is CC(C)(C)c1cc2c3c(c1)Oc1cccc4c1B3c1cc3c(cc1O2)Sc1cccc2c1B3c1c(ccc3c5ccccc5n-2c13)O4. The summed E-state index contributed by atoms with van der Waals surface area (Å²) in [5.74, 6) is 5.21. The molecular weight excluding hydrogens is 596 g/mol. The minimum absolute atomic E-state index is 0.0203. The van der Waals surface area contributed by atoms with E-state index >= 15 is 0 Å². The molecule has 0 fully saturated rings. The van der Waals surface area contributed by atoms with Crippen molar-refractivity contribution in [3.05, 3.63) is 103 Å². The van der Waals surface area contributed by atoms with Crippen LogP contribution in [0.25, 0.3) is 27.5 Å². The van der Waals surface area contributed by atoms with Gasteiger partial charge in [0.2, 0.25) is 0 Å². The van der Waals surface area contributed by atoms with Crippen LogP contribution in [0.3, 0.4) is 0 Å². The zero-order valence-corrected chi connectivity index (χ0v) is 26.8. The van der Waals surface area contributed by atoms with Gasteiger partial charge >= 0.3 is 0 Å². The lowest BCUT2D eigenvalue weighted by atomic mass is 9.31. The van der Waals surface area contributed by atoms with Crippen LogP contribution in [0.5, 0.6) is 34.5 Å². The smallest absolute Gasteiger partial charge is 0.265 e. The van der Waals surface area contributed by atoms with Gasteiger partial charge in [0, 0.05) is 37.2 Å². The lowest BCUT2D eigenvalue weighted by Crippen LogP contribution is -2.63. The molecular formula is C40H25B2NO3S. The van der Waals surface area contributed by atoms with Gasteiger partial charge in [0.15, 0.2) is 0 Å². The molecule has 4 nitrogen and oxygen atoms in total. The van der Waals surface area contributed by atoms with Crippen LogP contribution in [0.4, 0.5) is 0 Å². The van der Waals surface area contributed by atoms with Crippen LogP contribution < -0.4 is 47.0 Å². The highest BCUT2D eigenvalue weighted by atomic mass is 32.2. The summed E-state index contributed by atoms with van der Waals surface area (Å²) >= 11 is 1.86. The zero-order valence-electron chi connectivity index (χ0n) is 26.0. The van der Waals surface area contributed by atoms with Gasteiger partial charge in [-0.2, -0.15) is 0 Å². The normalized spacial score (nSPS) is 15.0. The van der Waals surface area contributed by atoms with E-state index < -0.39 is 0 Å². The molecule has 6 heterocycles. The first-order valence-corrected chi connectivity index (χ1v) is 17.1. The van der Waals surface area contributed by atoms with E-state index in [1.807, 2.05) is 11.8 Å². The highest BCUT2D eigenvalue weighted by Crippen LogP contribution is 2.45. The second kappa shape index (κ2) is 8.10. The maximum atomic E-state index is 7.20. The number of nitrogens with zero attached hydrogens (tertiary/aromatic N) is 1. The highest BCUT2D eigenvalue weighted by molar-refractivity contribution is 8.00. The van der Waals surface area contributed by atoms with Crippen molar-refractivity contribution in [1.82, 2.24) is 4.57 Å². The fraction of sp³-hybridized carbons (Fsp3) is 0.100. The van der Waals surface area contributed by atoms with Crippen LogP contribution in [0.1, 0.15) is 26.3 Å². The Labute approximate surface area is 276 Å². The average molecular weight is 621 g/mol. The van der Waals surface area contributed by atoms with Crippen molar-refractivity contribution in [2.75, 3.05) is 0 Å². The number of aromatic nitrogens is 1. The fourth-order valence-electron chi connectivity index (χ4n) is 8.87. The van der Waals surface area contributed by atoms with E-state index in [2.05, 4.69) is 122 Å². The number of hydrogen-bond acceptors (Lipinski definition) is 4. The van der Waals surface area contributed by atoms with Gasteiger partial charge in [0.05, 0.1) is 11.0 Å². The zero-order chi connectivity index (χ0) is 30.9. The van der Waals surface area contributed by atoms with Gasteiger partial charge < -0.3 is 18.8 Å². The molecule has 220 valence electrons. The van der Waals surface area contributed by atoms with Gasteiger partial charge in [-0.3, -0.25) is 0 Å². The van der Waals surface area contributed by atoms with Crippen LogP contribution in [0.15, 0.2) is 107 Å². The molecule has 5 aliphatic heterocycles. The Bertz CT molecular complexity index is 2650. The summed E-state index contributed by atoms with van der Waals surface area (Å²) in [6, 6.07) is 35.4. The maximum absolute atomic E-state index is 7.20. The summed E-state index contributed by atoms with van der Waals surface area (Å²) < 4.78 is 23.4. The standard InChI is InChI=1S/C40H25B2NO3S/c1-40(2,3)20-16-31-37-32(17-20)46-30-19-34-24-18-23(30)41(37)36-27(11-7-12-28(36)45-31)44-29-15-14-22-21-8-4-5-9-25(21)43-26-10-6-13-33(47-34)35(26)42(24)38(29)39(22)43/h4-19H,1-3H3. The molecule has 0 unspecified atom stereocenters. The first-order chi connectivity index (χ1) is 22.9. The molecule has 0 radical (unpaired) electrons. The van der Waals surface area contributed by atoms with E-state index in [1.54, 1.807) is 0 Å². The number of fused-ring (bicyclic) bond motifs is 4. The van der Waals surface area contributed by atoms with Crippen molar-refractivity contribution >= 4 is 79.8 Å². The fourth-order valence-corrected chi connectivity index (χ4v) is 10.0. The first kappa shape index (κ1) is 25.1. The molecule has 0 saturated carbocycles. The molecule has 0 amide bonds. The second-order valence-electron chi connectivity index (χ2n) is 14.4. The van der Waals surface area contributed by atoms with E-state index in [0.717, 1.165) is 45.4 Å². The highest BCUT2D eigenvalue weighted by Gasteiger charge is 2.47. The molecule has 7 heteroatoms. The molecule has 7 aromatic rings. The van der Waals surface area contributed by atoms with Crippen LogP contribution in [0, 0.1) is 0 Å². The largest absolute Gasteiger partial charge is 0.458 e. The van der Waals surface area contributed by atoms with E-state index in [1.165, 1.54) is 64.7 Å². The Balaban J connectivity index is 1.25. The number of ether oxygens (including phenoxy) is 3. The topological polar surface area (TPSA) is 32.6 Å². The Morgan fingerprint density at radius 1 is 0.553 bits per heavy atom. The maximum Gasteiger partial charge on any atom is 0.265 e. The molecule has 2 bridgehead atoms. The minimum atomic E-state index is -0.0787. The molecule has 0 N–H and O–H groups in total. The average Bonchev–Trinajstić information content (AvgIpc) is 3.40. The lowest BCUT2D eigenvalue weighted by molar-refractivity contribution is 0.451. The van der Waals surface area contributed by atoms with Gasteiger partial charge in [-0.1, -0.05) is 74.4 Å². The van der Waals surface area contributed by atoms with E-state index in [-0.39, 0.29) is 18.8 Å². The molecule has 6 aromatic carbocycles. The van der Waals surface area contributed by atoms with Crippen molar-refractivity contribution in [3.8, 4) is 40.2 Å². The molecule has 0 atom stereocenters. The second-order valence-corrected chi connectivity index (χ2v) is 15.5. The van der Waals surface area contributed by atoms with E-state index in [0.29, 0.717) is 0 Å². The number of benzene rings is 6. The lowest BCUT2D eigenvalue weighted by Gasteiger charge is -2.39. The third kappa shape index (κ3) is 2.97. The predicted molar refractivity (Wildman–Crippen MR) is 192 cm³/mol. The number of hydrogen-bond donors (Lipinski definition) is 0. The number of rotatable bonds is 0. The summed E-state index contributed by atoms with van der Waals surface area (Å²) in [5, 5.41) is 2.51. The van der Waals surface area contributed by atoms with E-state index in [9.17, 15) is 0 Å². The third-order valence-electron chi connectivity index (χ3n) is 10.9. The molecule has 0 saturated heterocycles. The summed E-state index contributed by atoms with van der Waals surface area (Å²) in [6.45, 7) is 6.65. The minimum Gasteiger partial charge on any atom is -0.458 e. The van der Waals surface area contributed by atoms with Gasteiger partial charge in [0.1, 0.15) is 34.5 Å². The molecule has 0 spiro atoms. The van der Waals surface area contributed by atoms with Crippen molar-refractivity contribution in [3.63, 3.8) is 0 Å². The molecule has 1 aromatic heterocycles. The van der Waals surface area contributed by atoms with Crippen molar-refractivity contribution < 1.29 is 14.2 Å². The van der Waals surface area contributed by atoms with Crippen molar-refractivity contribution in [2.24, 2.45) is 0 Å². The Hall–Kier alpha value is -5.00. The third-order valence-corrected chi connectivity index (χ3v) is 12.1. The van der Waals surface area contributed by atoms with E-state index in [4.69, 9.17) is 14.2 Å². The van der Waals surface area contributed by atoms with Crippen LogP contribution in [-0.4, -0.2) is 18.0 Å². The van der Waals surface area contributed by atoms with Crippen LogP contribution >= 0.6 is 11.8 Å². The predicted octanol–water partition coefficient (Wildman–Crippen LogP) is 6.21. The van der Waals surface area contributed by atoms with Crippen molar-refractivity contribution in [2.45, 2.75) is 36.0 Å². The molecule has 0 aliphatic carbocycles. The van der Waals surface area contributed by atoms with Gasteiger partial charge in [0.25, 0.3) is 13.4 Å². The molecule has 5 aliphatic rings. The quantitative estimate of drug-likeness (QED) is 0.189. The molecule has 12 rings (SSSR count). The Morgan fingerprint density at radius 3 is 2.09 bits per heavy atom. The summed E-state index contributed by atoms with van der Waals surface area (Å²) in [6.07, 6.45) is 0. The monoisotopic (exact) mass is 621 g/mol. The number of para-hydroxylation sites is 1. The van der Waals surface area contributed by atoms with Crippen LogP contribution in [-0.2, 0) is 5.41 Å². The summed E-state index contributed by atoms with van der Waals surface area (Å²) in [7, 11) is 0. The Kier molecular flexibility index (Phi) is 4.33.